The van der Waals surface area contributed by atoms with Gasteiger partial charge in [0.25, 0.3) is 0 Å². The Balaban J connectivity index is 4.17. The van der Waals surface area contributed by atoms with Crippen molar-refractivity contribution in [1.82, 2.24) is 5.32 Å². The maximum Gasteiger partial charge on any atom is 0.472 e. The van der Waals surface area contributed by atoms with Crippen LogP contribution in [0.25, 0.3) is 0 Å². The Labute approximate surface area is 367 Å². The number of hydrogen-bond acceptors (Lipinski definition) is 5. The smallest absolute Gasteiger partial charge is 0.391 e. The number of unbranched alkanes of at least 4 members (excludes halogenated alkanes) is 32. The van der Waals surface area contributed by atoms with Crippen molar-refractivity contribution in [3.63, 3.8) is 0 Å². The highest BCUT2D eigenvalue weighted by Crippen LogP contribution is 2.43. The number of carbonyl (C=O) groups is 1. The molecule has 0 saturated carbocycles. The van der Waals surface area contributed by atoms with Crippen LogP contribution >= 0.6 is 7.82 Å². The van der Waals surface area contributed by atoms with Crippen LogP contribution in [0.1, 0.15) is 251 Å². The van der Waals surface area contributed by atoms with Gasteiger partial charge in [0.1, 0.15) is 13.2 Å². The molecule has 0 radical (unpaired) electrons. The van der Waals surface area contributed by atoms with Crippen LogP contribution in [0.4, 0.5) is 0 Å². The van der Waals surface area contributed by atoms with Crippen LogP contribution in [0.3, 0.4) is 0 Å². The molecule has 59 heavy (non-hydrogen) atoms. The van der Waals surface area contributed by atoms with Crippen molar-refractivity contribution in [2.24, 2.45) is 0 Å². The van der Waals surface area contributed by atoms with Crippen LogP contribution in [-0.4, -0.2) is 73.4 Å². The number of hydrogen-bond donors (Lipinski definition) is 3. The van der Waals surface area contributed by atoms with Crippen molar-refractivity contribution in [3.05, 3.63) is 12.2 Å². The van der Waals surface area contributed by atoms with Crippen LogP contribution in [0.5, 0.6) is 0 Å². The summed E-state index contributed by atoms with van der Waals surface area (Å²) in [6, 6.07) is -0.758. The number of carbonyl (C=O) groups excluding carboxylic acids is 1. The first-order chi connectivity index (χ1) is 28.5. The summed E-state index contributed by atoms with van der Waals surface area (Å²) >= 11 is 0. The largest absolute Gasteiger partial charge is 0.472 e. The van der Waals surface area contributed by atoms with Crippen LogP contribution in [-0.2, 0) is 18.4 Å². The van der Waals surface area contributed by atoms with Crippen molar-refractivity contribution in [2.75, 3.05) is 40.9 Å². The Hall–Kier alpha value is -0.760. The second-order valence-corrected chi connectivity index (χ2v) is 20.4. The molecule has 9 heteroatoms. The molecule has 0 aromatic rings. The lowest BCUT2D eigenvalue weighted by Gasteiger charge is -2.26. The Bertz CT molecular complexity index is 974. The van der Waals surface area contributed by atoms with E-state index >= 15 is 0 Å². The van der Waals surface area contributed by atoms with Crippen LogP contribution in [0.2, 0.25) is 0 Å². The summed E-state index contributed by atoms with van der Waals surface area (Å²) in [5, 5.41) is 14.0. The number of rotatable bonds is 47. The molecule has 8 nitrogen and oxygen atoms in total. The van der Waals surface area contributed by atoms with Gasteiger partial charge in [-0.15, -0.1) is 0 Å². The second kappa shape index (κ2) is 42.5. The molecule has 0 rings (SSSR count). The zero-order chi connectivity index (χ0) is 43.6. The SMILES string of the molecule is CCCCCCCCCCCCCC/C=C\CCCCCCCCCCC(=O)NC(COP(=O)(O)OCC[N+](C)(C)C)C(O)CCCCCCCCCCCCCCC. The lowest BCUT2D eigenvalue weighted by atomic mass is 10.0. The number of likely N-dealkylation sites (N-methyl/N-ethyl adjacent to an activating group) is 1. The molecule has 1 amide bonds. The first-order valence-electron chi connectivity index (χ1n) is 25.6. The summed E-state index contributed by atoms with van der Waals surface area (Å²) < 4.78 is 23.7. The lowest BCUT2D eigenvalue weighted by Crippen LogP contribution is -2.46. The summed E-state index contributed by atoms with van der Waals surface area (Å²) in [5.41, 5.74) is 0. The number of amides is 1. The molecule has 3 atom stereocenters. The van der Waals surface area contributed by atoms with Crippen LogP contribution in [0, 0.1) is 0 Å². The molecule has 0 spiro atoms. The number of phosphoric acid groups is 1. The molecule has 0 saturated heterocycles. The fourth-order valence-electron chi connectivity index (χ4n) is 7.69. The van der Waals surface area contributed by atoms with E-state index in [4.69, 9.17) is 9.05 Å². The molecule has 352 valence electrons. The second-order valence-electron chi connectivity index (χ2n) is 18.9. The molecule has 0 fully saturated rings. The van der Waals surface area contributed by atoms with Gasteiger partial charge in [0, 0.05) is 6.42 Å². The number of allylic oxidation sites excluding steroid dienone is 2. The predicted molar refractivity (Wildman–Crippen MR) is 254 cm³/mol. The van der Waals surface area contributed by atoms with Gasteiger partial charge in [-0.2, -0.15) is 0 Å². The third-order valence-corrected chi connectivity index (χ3v) is 12.7. The number of aliphatic hydroxyl groups is 1. The van der Waals surface area contributed by atoms with E-state index in [1.165, 1.54) is 186 Å². The van der Waals surface area contributed by atoms with Crippen molar-refractivity contribution < 1.29 is 32.9 Å². The molecular formula is C50H102N2O6P+. The van der Waals surface area contributed by atoms with Gasteiger partial charge in [-0.25, -0.2) is 4.57 Å². The van der Waals surface area contributed by atoms with Crippen molar-refractivity contribution in [1.29, 1.82) is 0 Å². The molecule has 3 unspecified atom stereocenters. The van der Waals surface area contributed by atoms with Gasteiger partial charge in [-0.1, -0.05) is 219 Å². The Morgan fingerprint density at radius 2 is 0.915 bits per heavy atom. The third-order valence-electron chi connectivity index (χ3n) is 11.8. The number of aliphatic hydroxyl groups excluding tert-OH is 1. The molecule has 3 N–H and O–H groups in total. The highest BCUT2D eigenvalue weighted by molar-refractivity contribution is 7.47. The van der Waals surface area contributed by atoms with Crippen LogP contribution in [0.15, 0.2) is 12.2 Å². The number of nitrogens with zero attached hydrogens (tertiary/aromatic N) is 1. The third kappa shape index (κ3) is 45.1. The minimum Gasteiger partial charge on any atom is -0.391 e. The summed E-state index contributed by atoms with van der Waals surface area (Å²) in [7, 11) is 1.62. The van der Waals surface area contributed by atoms with Crippen molar-refractivity contribution in [2.45, 2.75) is 264 Å². The van der Waals surface area contributed by atoms with E-state index in [-0.39, 0.29) is 19.1 Å². The summed E-state index contributed by atoms with van der Waals surface area (Å²) in [4.78, 5) is 23.2. The zero-order valence-corrected chi connectivity index (χ0v) is 40.9. The lowest BCUT2D eigenvalue weighted by molar-refractivity contribution is -0.870. The van der Waals surface area contributed by atoms with E-state index in [0.717, 1.165) is 38.5 Å². The Kier molecular flexibility index (Phi) is 42.0. The first-order valence-corrected chi connectivity index (χ1v) is 27.0. The van der Waals surface area contributed by atoms with Gasteiger partial charge in [0.15, 0.2) is 0 Å². The Morgan fingerprint density at radius 3 is 1.31 bits per heavy atom. The highest BCUT2D eigenvalue weighted by Gasteiger charge is 2.28. The normalized spacial score (nSPS) is 14.2. The average Bonchev–Trinajstić information content (AvgIpc) is 3.19. The maximum absolute atomic E-state index is 12.9. The number of quaternary nitrogens is 1. The van der Waals surface area contributed by atoms with E-state index in [1.807, 2.05) is 21.1 Å². The molecule has 0 aromatic carbocycles. The van der Waals surface area contributed by atoms with E-state index in [2.05, 4.69) is 31.3 Å². The Morgan fingerprint density at radius 1 is 0.559 bits per heavy atom. The maximum atomic E-state index is 12.9. The topological polar surface area (TPSA) is 105 Å². The molecule has 0 aliphatic heterocycles. The summed E-state index contributed by atoms with van der Waals surface area (Å²) in [6.07, 6.45) is 49.6. The standard InChI is InChI=1S/C50H101N2O6P/c1-6-8-10-12-14-16-18-20-21-22-23-24-25-26-27-28-29-30-32-34-36-38-40-42-44-50(54)51-48(47-58-59(55,56)57-46-45-52(3,4)5)49(53)43-41-39-37-35-33-31-19-17-15-13-11-9-7-2/h26-27,48-49,53H,6-25,28-47H2,1-5H3,(H-,51,54,55,56)/p+1/b27-26-. The molecule has 0 aromatic heterocycles. The fraction of sp³-hybridized carbons (Fsp3) is 0.940. The van der Waals surface area contributed by atoms with E-state index in [1.54, 1.807) is 0 Å². The van der Waals surface area contributed by atoms with Gasteiger partial charge in [0.05, 0.1) is 39.9 Å². The van der Waals surface area contributed by atoms with Gasteiger partial charge in [-0.05, 0) is 38.5 Å². The number of phosphoric ester groups is 1. The quantitative estimate of drug-likeness (QED) is 0.0244. The predicted octanol–water partition coefficient (Wildman–Crippen LogP) is 14.7. The minimum atomic E-state index is -4.31. The first kappa shape index (κ1) is 58.2. The molecule has 0 aliphatic carbocycles. The average molecular weight is 858 g/mol. The van der Waals surface area contributed by atoms with Gasteiger partial charge < -0.3 is 19.8 Å². The van der Waals surface area contributed by atoms with E-state index in [9.17, 15) is 19.4 Å². The molecular weight excluding hydrogens is 756 g/mol. The van der Waals surface area contributed by atoms with Crippen molar-refractivity contribution >= 4 is 13.7 Å². The molecule has 0 bridgehead atoms. The zero-order valence-electron chi connectivity index (χ0n) is 40.0. The van der Waals surface area contributed by atoms with Crippen molar-refractivity contribution in [3.8, 4) is 0 Å². The van der Waals surface area contributed by atoms with Gasteiger partial charge in [-0.3, -0.25) is 13.8 Å². The number of nitrogens with one attached hydrogen (secondary N) is 1. The van der Waals surface area contributed by atoms with Gasteiger partial charge in [0.2, 0.25) is 5.91 Å². The molecule has 0 heterocycles. The van der Waals surface area contributed by atoms with E-state index in [0.29, 0.717) is 23.9 Å². The summed E-state index contributed by atoms with van der Waals surface area (Å²) in [5.74, 6) is -0.145. The highest BCUT2D eigenvalue weighted by atomic mass is 31.2. The van der Waals surface area contributed by atoms with Gasteiger partial charge >= 0.3 is 7.82 Å². The monoisotopic (exact) mass is 858 g/mol. The van der Waals surface area contributed by atoms with Crippen LogP contribution < -0.4 is 5.32 Å². The van der Waals surface area contributed by atoms with E-state index < -0.39 is 20.0 Å². The molecule has 0 aliphatic rings. The minimum absolute atomic E-state index is 0.0761. The summed E-state index contributed by atoms with van der Waals surface area (Å²) in [6.45, 7) is 4.91. The fourth-order valence-corrected chi connectivity index (χ4v) is 8.43.